The maximum absolute atomic E-state index is 11.8. The van der Waals surface area contributed by atoms with E-state index in [1.54, 1.807) is 26.4 Å². The SMILES string of the molecule is CCCCC(Nc1cc(OC)ccc1OC)C(=O)OC. The molecule has 0 radical (unpaired) electrons. The summed E-state index contributed by atoms with van der Waals surface area (Å²) in [5.41, 5.74) is 0.721. The van der Waals surface area contributed by atoms with Gasteiger partial charge >= 0.3 is 5.97 Å². The van der Waals surface area contributed by atoms with E-state index in [0.717, 1.165) is 18.5 Å². The van der Waals surface area contributed by atoms with Gasteiger partial charge in [-0.2, -0.15) is 0 Å². The molecule has 0 bridgehead atoms. The molecule has 0 saturated heterocycles. The molecule has 5 nitrogen and oxygen atoms in total. The monoisotopic (exact) mass is 281 g/mol. The Morgan fingerprint density at radius 3 is 2.55 bits per heavy atom. The molecule has 0 heterocycles. The summed E-state index contributed by atoms with van der Waals surface area (Å²) in [6, 6.07) is 5.03. The second-order valence-electron chi connectivity index (χ2n) is 4.43. The summed E-state index contributed by atoms with van der Waals surface area (Å²) in [4.78, 5) is 11.8. The second-order valence-corrected chi connectivity index (χ2v) is 4.43. The maximum atomic E-state index is 11.8. The van der Waals surface area contributed by atoms with Crippen molar-refractivity contribution >= 4 is 11.7 Å². The van der Waals surface area contributed by atoms with Gasteiger partial charge in [0.1, 0.15) is 17.5 Å². The molecule has 0 amide bonds. The average Bonchev–Trinajstić information content (AvgIpc) is 2.50. The molecule has 5 heteroatoms. The number of methoxy groups -OCH3 is 3. The van der Waals surface area contributed by atoms with Gasteiger partial charge in [0.15, 0.2) is 0 Å². The summed E-state index contributed by atoms with van der Waals surface area (Å²) in [5.74, 6) is 1.09. The van der Waals surface area contributed by atoms with Crippen LogP contribution in [0.25, 0.3) is 0 Å². The zero-order chi connectivity index (χ0) is 15.0. The number of hydrogen-bond donors (Lipinski definition) is 1. The van der Waals surface area contributed by atoms with E-state index in [0.29, 0.717) is 17.9 Å². The third-order valence-corrected chi connectivity index (χ3v) is 3.07. The fourth-order valence-corrected chi connectivity index (χ4v) is 1.91. The van der Waals surface area contributed by atoms with Crippen LogP contribution >= 0.6 is 0 Å². The Hall–Kier alpha value is -1.91. The van der Waals surface area contributed by atoms with E-state index in [1.165, 1.54) is 7.11 Å². The van der Waals surface area contributed by atoms with Crippen LogP contribution in [0.2, 0.25) is 0 Å². The highest BCUT2D eigenvalue weighted by Crippen LogP contribution is 2.30. The minimum Gasteiger partial charge on any atom is -0.497 e. The van der Waals surface area contributed by atoms with Crippen molar-refractivity contribution in [3.63, 3.8) is 0 Å². The summed E-state index contributed by atoms with van der Waals surface area (Å²) in [7, 11) is 4.58. The van der Waals surface area contributed by atoms with E-state index in [9.17, 15) is 4.79 Å². The molecule has 0 aliphatic heterocycles. The van der Waals surface area contributed by atoms with E-state index in [-0.39, 0.29) is 12.0 Å². The summed E-state index contributed by atoms with van der Waals surface area (Å²) in [6.07, 6.45) is 2.67. The normalized spacial score (nSPS) is 11.6. The van der Waals surface area contributed by atoms with E-state index >= 15 is 0 Å². The molecule has 0 aromatic heterocycles. The molecule has 112 valence electrons. The van der Waals surface area contributed by atoms with Crippen LogP contribution in [-0.2, 0) is 9.53 Å². The molecule has 1 unspecified atom stereocenters. The Morgan fingerprint density at radius 2 is 2.00 bits per heavy atom. The number of hydrogen-bond acceptors (Lipinski definition) is 5. The summed E-state index contributed by atoms with van der Waals surface area (Å²) < 4.78 is 15.3. The van der Waals surface area contributed by atoms with Crippen LogP contribution in [0.15, 0.2) is 18.2 Å². The van der Waals surface area contributed by atoms with Crippen LogP contribution in [0.1, 0.15) is 26.2 Å². The molecule has 1 aromatic carbocycles. The first-order valence-electron chi connectivity index (χ1n) is 6.72. The lowest BCUT2D eigenvalue weighted by molar-refractivity contribution is -0.141. The largest absolute Gasteiger partial charge is 0.497 e. The topological polar surface area (TPSA) is 56.8 Å². The third kappa shape index (κ3) is 4.33. The van der Waals surface area contributed by atoms with Crippen molar-refractivity contribution in [1.82, 2.24) is 0 Å². The molecule has 0 aliphatic rings. The van der Waals surface area contributed by atoms with Crippen LogP contribution in [-0.4, -0.2) is 33.3 Å². The molecule has 1 atom stereocenters. The van der Waals surface area contributed by atoms with Crippen LogP contribution in [0.5, 0.6) is 11.5 Å². The van der Waals surface area contributed by atoms with Crippen LogP contribution < -0.4 is 14.8 Å². The first-order valence-corrected chi connectivity index (χ1v) is 6.72. The van der Waals surface area contributed by atoms with Crippen LogP contribution in [0, 0.1) is 0 Å². The van der Waals surface area contributed by atoms with E-state index in [4.69, 9.17) is 14.2 Å². The summed E-state index contributed by atoms with van der Waals surface area (Å²) >= 11 is 0. The van der Waals surface area contributed by atoms with Gasteiger partial charge in [-0.05, 0) is 18.6 Å². The highest BCUT2D eigenvalue weighted by molar-refractivity contribution is 5.80. The molecule has 0 spiro atoms. The first kappa shape index (κ1) is 16.1. The van der Waals surface area contributed by atoms with Crippen molar-refractivity contribution in [3.05, 3.63) is 18.2 Å². The van der Waals surface area contributed by atoms with Gasteiger partial charge in [0.2, 0.25) is 0 Å². The Kier molecular flexibility index (Phi) is 6.70. The molecule has 1 aromatic rings. The van der Waals surface area contributed by atoms with E-state index < -0.39 is 0 Å². The molecule has 0 aliphatic carbocycles. The van der Waals surface area contributed by atoms with Crippen molar-refractivity contribution < 1.29 is 19.0 Å². The smallest absolute Gasteiger partial charge is 0.328 e. The maximum Gasteiger partial charge on any atom is 0.328 e. The van der Waals surface area contributed by atoms with Crippen molar-refractivity contribution in [1.29, 1.82) is 0 Å². The molecule has 0 fully saturated rings. The average molecular weight is 281 g/mol. The van der Waals surface area contributed by atoms with Gasteiger partial charge in [0, 0.05) is 6.07 Å². The van der Waals surface area contributed by atoms with Crippen LogP contribution in [0.4, 0.5) is 5.69 Å². The van der Waals surface area contributed by atoms with Crippen molar-refractivity contribution in [3.8, 4) is 11.5 Å². The highest BCUT2D eigenvalue weighted by atomic mass is 16.5. The van der Waals surface area contributed by atoms with E-state index in [2.05, 4.69) is 12.2 Å². The molecular formula is C15H23NO4. The first-order chi connectivity index (χ1) is 9.65. The number of esters is 1. The van der Waals surface area contributed by atoms with Gasteiger partial charge in [-0.3, -0.25) is 0 Å². The fraction of sp³-hybridized carbons (Fsp3) is 0.533. The van der Waals surface area contributed by atoms with Gasteiger partial charge in [-0.15, -0.1) is 0 Å². The number of nitrogens with one attached hydrogen (secondary N) is 1. The standard InChI is InChI=1S/C15H23NO4/c1-5-6-7-12(15(17)20-4)16-13-10-11(18-2)8-9-14(13)19-3/h8-10,12,16H,5-7H2,1-4H3. The third-order valence-electron chi connectivity index (χ3n) is 3.07. The number of anilines is 1. The Labute approximate surface area is 120 Å². The molecule has 1 rings (SSSR count). The minimum atomic E-state index is -0.388. The number of ether oxygens (including phenoxy) is 3. The van der Waals surface area contributed by atoms with Gasteiger partial charge in [-0.25, -0.2) is 4.79 Å². The quantitative estimate of drug-likeness (QED) is 0.743. The Balaban J connectivity index is 2.93. The van der Waals surface area contributed by atoms with Crippen molar-refractivity contribution in [2.75, 3.05) is 26.6 Å². The number of carbonyl (C=O) groups is 1. The predicted octanol–water partition coefficient (Wildman–Crippen LogP) is 2.85. The summed E-state index contributed by atoms with van der Waals surface area (Å²) in [5, 5.41) is 3.18. The number of benzene rings is 1. The molecule has 20 heavy (non-hydrogen) atoms. The van der Waals surface area contributed by atoms with Gasteiger partial charge in [-0.1, -0.05) is 19.8 Å². The predicted molar refractivity (Wildman–Crippen MR) is 78.5 cm³/mol. The van der Waals surface area contributed by atoms with Crippen molar-refractivity contribution in [2.45, 2.75) is 32.2 Å². The van der Waals surface area contributed by atoms with Gasteiger partial charge in [0.25, 0.3) is 0 Å². The summed E-state index contributed by atoms with van der Waals surface area (Å²) in [6.45, 7) is 2.08. The zero-order valence-corrected chi connectivity index (χ0v) is 12.6. The van der Waals surface area contributed by atoms with Crippen molar-refractivity contribution in [2.24, 2.45) is 0 Å². The lowest BCUT2D eigenvalue weighted by Crippen LogP contribution is -2.30. The Morgan fingerprint density at radius 1 is 1.25 bits per heavy atom. The number of carbonyl (C=O) groups excluding carboxylic acids is 1. The molecule has 0 saturated carbocycles. The number of rotatable bonds is 8. The van der Waals surface area contributed by atoms with Gasteiger partial charge < -0.3 is 19.5 Å². The molecular weight excluding hydrogens is 258 g/mol. The van der Waals surface area contributed by atoms with Crippen LogP contribution in [0.3, 0.4) is 0 Å². The second kappa shape index (κ2) is 8.30. The lowest BCUT2D eigenvalue weighted by Gasteiger charge is -2.19. The molecule has 1 N–H and O–H groups in total. The zero-order valence-electron chi connectivity index (χ0n) is 12.6. The number of unbranched alkanes of at least 4 members (excludes halogenated alkanes) is 1. The Bertz CT molecular complexity index is 434. The van der Waals surface area contributed by atoms with E-state index in [1.807, 2.05) is 6.07 Å². The van der Waals surface area contributed by atoms with Gasteiger partial charge in [0.05, 0.1) is 27.0 Å². The highest BCUT2D eigenvalue weighted by Gasteiger charge is 2.20. The minimum absolute atomic E-state index is 0.275. The fourth-order valence-electron chi connectivity index (χ4n) is 1.91. The lowest BCUT2D eigenvalue weighted by atomic mass is 10.1.